The van der Waals surface area contributed by atoms with Crippen molar-refractivity contribution in [2.24, 2.45) is 0 Å². The van der Waals surface area contributed by atoms with Crippen molar-refractivity contribution in [1.82, 2.24) is 30.9 Å². The predicted molar refractivity (Wildman–Crippen MR) is 102 cm³/mol. The van der Waals surface area contributed by atoms with Crippen LogP contribution in [0.1, 0.15) is 16.8 Å². The van der Waals surface area contributed by atoms with E-state index in [0.717, 1.165) is 24.3 Å². The van der Waals surface area contributed by atoms with E-state index in [9.17, 15) is 4.79 Å². The van der Waals surface area contributed by atoms with E-state index in [1.165, 1.54) is 11.1 Å². The number of rotatable bonds is 5. The van der Waals surface area contributed by atoms with E-state index in [0.29, 0.717) is 13.1 Å². The van der Waals surface area contributed by atoms with Gasteiger partial charge in [-0.25, -0.2) is 9.48 Å². The Morgan fingerprint density at radius 1 is 1.07 bits per heavy atom. The molecule has 1 aliphatic rings. The van der Waals surface area contributed by atoms with E-state index < -0.39 is 0 Å². The minimum absolute atomic E-state index is 0.198. The molecule has 0 aliphatic carbocycles. The summed E-state index contributed by atoms with van der Waals surface area (Å²) in [7, 11) is 0. The molecule has 0 saturated heterocycles. The van der Waals surface area contributed by atoms with Crippen LogP contribution in [0.5, 0.6) is 0 Å². The van der Waals surface area contributed by atoms with Crippen LogP contribution in [0.4, 0.5) is 4.79 Å². The normalized spacial score (nSPS) is 15.8. The van der Waals surface area contributed by atoms with Crippen molar-refractivity contribution in [3.8, 4) is 5.69 Å². The Labute approximate surface area is 157 Å². The minimum atomic E-state index is -0.198. The third-order valence-corrected chi connectivity index (χ3v) is 4.73. The summed E-state index contributed by atoms with van der Waals surface area (Å²) >= 11 is 0. The number of nitrogens with zero attached hydrogens (tertiary/aromatic N) is 3. The Kier molecular flexibility index (Phi) is 5.11. The summed E-state index contributed by atoms with van der Waals surface area (Å²) in [5.41, 5.74) is 4.42. The topological polar surface area (TPSA) is 83.9 Å². The van der Waals surface area contributed by atoms with Crippen LogP contribution in [0.2, 0.25) is 0 Å². The van der Waals surface area contributed by atoms with E-state index in [1.807, 2.05) is 30.3 Å². The van der Waals surface area contributed by atoms with Crippen LogP contribution in [0.25, 0.3) is 5.69 Å². The summed E-state index contributed by atoms with van der Waals surface area (Å²) in [6.07, 6.45) is 2.58. The summed E-state index contributed by atoms with van der Waals surface area (Å²) in [5.74, 6) is 0. The molecule has 1 aliphatic heterocycles. The van der Waals surface area contributed by atoms with Gasteiger partial charge in [0.2, 0.25) is 0 Å². The van der Waals surface area contributed by atoms with Crippen LogP contribution in [0.3, 0.4) is 0 Å². The highest BCUT2D eigenvalue weighted by Gasteiger charge is 2.18. The molecule has 0 bridgehead atoms. The van der Waals surface area contributed by atoms with Gasteiger partial charge in [0.05, 0.1) is 24.1 Å². The number of aromatic nitrogens is 3. The maximum Gasteiger partial charge on any atom is 0.315 e. The van der Waals surface area contributed by atoms with Gasteiger partial charge < -0.3 is 16.0 Å². The van der Waals surface area contributed by atoms with Crippen molar-refractivity contribution in [1.29, 1.82) is 0 Å². The second kappa shape index (κ2) is 8.01. The van der Waals surface area contributed by atoms with Gasteiger partial charge in [0.15, 0.2) is 0 Å². The lowest BCUT2D eigenvalue weighted by Crippen LogP contribution is -2.47. The number of para-hydroxylation sites is 1. The quantitative estimate of drug-likeness (QED) is 0.646. The first-order valence-electron chi connectivity index (χ1n) is 9.06. The van der Waals surface area contributed by atoms with Gasteiger partial charge in [0, 0.05) is 19.1 Å². The Hall–Kier alpha value is -3.19. The first kappa shape index (κ1) is 17.2. The molecule has 4 rings (SSSR count). The molecule has 7 nitrogen and oxygen atoms in total. The standard InChI is InChI=1S/C20H22N6O/c27-20(22-12-17-10-15-6-4-5-7-16(15)11-21-17)23-13-19-14-24-25-26(19)18-8-2-1-3-9-18/h1-9,14,17,21H,10-13H2,(H2,22,23,27). The highest BCUT2D eigenvalue weighted by molar-refractivity contribution is 5.73. The van der Waals surface area contributed by atoms with Gasteiger partial charge in [-0.05, 0) is 29.7 Å². The fraction of sp³-hybridized carbons (Fsp3) is 0.250. The van der Waals surface area contributed by atoms with E-state index in [2.05, 4.69) is 50.5 Å². The first-order valence-corrected chi connectivity index (χ1v) is 9.06. The summed E-state index contributed by atoms with van der Waals surface area (Å²) in [5, 5.41) is 17.3. The highest BCUT2D eigenvalue weighted by Crippen LogP contribution is 2.15. The minimum Gasteiger partial charge on any atom is -0.337 e. The van der Waals surface area contributed by atoms with Crippen molar-refractivity contribution in [3.05, 3.63) is 77.6 Å². The van der Waals surface area contributed by atoms with Crippen LogP contribution < -0.4 is 16.0 Å². The first-order chi connectivity index (χ1) is 13.3. The lowest BCUT2D eigenvalue weighted by atomic mass is 9.96. The van der Waals surface area contributed by atoms with E-state index >= 15 is 0 Å². The Morgan fingerprint density at radius 3 is 2.70 bits per heavy atom. The fourth-order valence-electron chi connectivity index (χ4n) is 3.28. The zero-order chi connectivity index (χ0) is 18.5. The summed E-state index contributed by atoms with van der Waals surface area (Å²) in [6, 6.07) is 18.2. The molecule has 1 aromatic heterocycles. The fourth-order valence-corrected chi connectivity index (χ4v) is 3.28. The van der Waals surface area contributed by atoms with E-state index in [-0.39, 0.29) is 12.1 Å². The molecule has 3 N–H and O–H groups in total. The molecule has 1 atom stereocenters. The zero-order valence-corrected chi connectivity index (χ0v) is 14.9. The molecule has 0 saturated carbocycles. The molecule has 0 spiro atoms. The van der Waals surface area contributed by atoms with Crippen molar-refractivity contribution in [3.63, 3.8) is 0 Å². The molecule has 0 radical (unpaired) electrons. The van der Waals surface area contributed by atoms with Gasteiger partial charge >= 0.3 is 6.03 Å². The second-order valence-corrected chi connectivity index (χ2v) is 6.59. The Bertz CT molecular complexity index is 908. The van der Waals surface area contributed by atoms with Gasteiger partial charge in [-0.1, -0.05) is 47.7 Å². The Balaban J connectivity index is 1.27. The number of urea groups is 1. The van der Waals surface area contributed by atoms with Crippen LogP contribution >= 0.6 is 0 Å². The number of carbonyl (C=O) groups excluding carboxylic acids is 1. The van der Waals surface area contributed by atoms with Gasteiger partial charge in [-0.15, -0.1) is 5.10 Å². The molecule has 138 valence electrons. The average Bonchev–Trinajstić information content (AvgIpc) is 3.20. The van der Waals surface area contributed by atoms with Crippen LogP contribution in [0, 0.1) is 0 Å². The van der Waals surface area contributed by atoms with Crippen molar-refractivity contribution in [2.45, 2.75) is 25.6 Å². The highest BCUT2D eigenvalue weighted by atomic mass is 16.2. The monoisotopic (exact) mass is 362 g/mol. The van der Waals surface area contributed by atoms with Gasteiger partial charge in [0.1, 0.15) is 0 Å². The second-order valence-electron chi connectivity index (χ2n) is 6.59. The van der Waals surface area contributed by atoms with Crippen molar-refractivity contribution < 1.29 is 4.79 Å². The molecule has 7 heteroatoms. The van der Waals surface area contributed by atoms with Gasteiger partial charge in [0.25, 0.3) is 0 Å². The summed E-state index contributed by atoms with van der Waals surface area (Å²) in [6.45, 7) is 1.77. The predicted octanol–water partition coefficient (Wildman–Crippen LogP) is 1.78. The summed E-state index contributed by atoms with van der Waals surface area (Å²) in [4.78, 5) is 12.2. The molecular formula is C20H22N6O. The number of benzene rings is 2. The molecule has 27 heavy (non-hydrogen) atoms. The number of nitrogens with one attached hydrogen (secondary N) is 3. The lowest BCUT2D eigenvalue weighted by molar-refractivity contribution is 0.238. The molecule has 2 aromatic carbocycles. The average molecular weight is 362 g/mol. The molecule has 3 aromatic rings. The number of hydrogen-bond donors (Lipinski definition) is 3. The third-order valence-electron chi connectivity index (χ3n) is 4.73. The molecular weight excluding hydrogens is 340 g/mol. The maximum absolute atomic E-state index is 12.2. The molecule has 2 amide bonds. The number of hydrogen-bond acceptors (Lipinski definition) is 4. The van der Waals surface area contributed by atoms with E-state index in [1.54, 1.807) is 10.9 Å². The SMILES string of the molecule is O=C(NCc1cnnn1-c1ccccc1)NCC1Cc2ccccc2CN1. The third kappa shape index (κ3) is 4.15. The molecule has 1 unspecified atom stereocenters. The molecule has 2 heterocycles. The van der Waals surface area contributed by atoms with Crippen LogP contribution in [-0.2, 0) is 19.5 Å². The molecule has 0 fully saturated rings. The van der Waals surface area contributed by atoms with E-state index in [4.69, 9.17) is 0 Å². The summed E-state index contributed by atoms with van der Waals surface area (Å²) < 4.78 is 1.72. The maximum atomic E-state index is 12.2. The number of fused-ring (bicyclic) bond motifs is 1. The van der Waals surface area contributed by atoms with Crippen LogP contribution in [-0.4, -0.2) is 33.6 Å². The lowest BCUT2D eigenvalue weighted by Gasteiger charge is -2.26. The number of carbonyl (C=O) groups is 1. The van der Waals surface area contributed by atoms with Crippen molar-refractivity contribution >= 4 is 6.03 Å². The van der Waals surface area contributed by atoms with Crippen molar-refractivity contribution in [2.75, 3.05) is 6.54 Å². The largest absolute Gasteiger partial charge is 0.337 e. The zero-order valence-electron chi connectivity index (χ0n) is 14.9. The Morgan fingerprint density at radius 2 is 1.85 bits per heavy atom. The number of amides is 2. The van der Waals surface area contributed by atoms with Gasteiger partial charge in [-0.2, -0.15) is 0 Å². The van der Waals surface area contributed by atoms with Gasteiger partial charge in [-0.3, -0.25) is 0 Å². The van der Waals surface area contributed by atoms with Crippen LogP contribution in [0.15, 0.2) is 60.8 Å². The smallest absolute Gasteiger partial charge is 0.315 e.